The highest BCUT2D eigenvalue weighted by Gasteiger charge is 2.20. The molecule has 0 bridgehead atoms. The summed E-state index contributed by atoms with van der Waals surface area (Å²) in [6.45, 7) is 3.89. The standard InChI is InChI=1S/C21H25ClN2OS/c1-26-18-8-6-17(7-9-18)15-24-12-10-16(11-13-24)14-23-21(25)19-4-2-3-5-20(19)22/h2-9,16H,10-15H2,1H3,(H,23,25). The lowest BCUT2D eigenvalue weighted by Crippen LogP contribution is -2.38. The van der Waals surface area contributed by atoms with Crippen LogP contribution in [0.4, 0.5) is 0 Å². The van der Waals surface area contributed by atoms with E-state index in [9.17, 15) is 4.79 Å². The van der Waals surface area contributed by atoms with E-state index >= 15 is 0 Å². The maximum Gasteiger partial charge on any atom is 0.252 e. The number of thioether (sulfide) groups is 1. The summed E-state index contributed by atoms with van der Waals surface area (Å²) in [5, 5.41) is 3.55. The summed E-state index contributed by atoms with van der Waals surface area (Å²) in [4.78, 5) is 16.1. The molecule has 2 aromatic rings. The van der Waals surface area contributed by atoms with Crippen molar-refractivity contribution in [2.24, 2.45) is 5.92 Å². The summed E-state index contributed by atoms with van der Waals surface area (Å²) in [6.07, 6.45) is 4.34. The van der Waals surface area contributed by atoms with Crippen molar-refractivity contribution < 1.29 is 4.79 Å². The summed E-state index contributed by atoms with van der Waals surface area (Å²) in [5.41, 5.74) is 1.92. The van der Waals surface area contributed by atoms with Gasteiger partial charge in [-0.05, 0) is 67.9 Å². The zero-order chi connectivity index (χ0) is 18.4. The Morgan fingerprint density at radius 3 is 2.50 bits per heavy atom. The van der Waals surface area contributed by atoms with Gasteiger partial charge in [-0.25, -0.2) is 0 Å². The lowest BCUT2D eigenvalue weighted by atomic mass is 9.96. The first kappa shape index (κ1) is 19.3. The van der Waals surface area contributed by atoms with E-state index < -0.39 is 0 Å². The van der Waals surface area contributed by atoms with Gasteiger partial charge in [-0.1, -0.05) is 35.9 Å². The molecular formula is C21H25ClN2OS. The fourth-order valence-corrected chi connectivity index (χ4v) is 3.95. The maximum atomic E-state index is 12.3. The molecule has 0 radical (unpaired) electrons. The molecule has 1 saturated heterocycles. The molecule has 26 heavy (non-hydrogen) atoms. The first-order chi connectivity index (χ1) is 12.7. The molecule has 0 atom stereocenters. The fraction of sp³-hybridized carbons (Fsp3) is 0.381. The van der Waals surface area contributed by atoms with Gasteiger partial charge in [-0.15, -0.1) is 11.8 Å². The van der Waals surface area contributed by atoms with Crippen molar-refractivity contribution in [2.75, 3.05) is 25.9 Å². The molecule has 1 heterocycles. The number of hydrogen-bond donors (Lipinski definition) is 1. The predicted molar refractivity (Wildman–Crippen MR) is 110 cm³/mol. The highest BCUT2D eigenvalue weighted by atomic mass is 35.5. The average molecular weight is 389 g/mol. The normalized spacial score (nSPS) is 15.8. The summed E-state index contributed by atoms with van der Waals surface area (Å²) >= 11 is 7.86. The van der Waals surface area contributed by atoms with Crippen LogP contribution in [0, 0.1) is 5.92 Å². The van der Waals surface area contributed by atoms with Gasteiger partial charge in [0.05, 0.1) is 10.6 Å². The molecule has 0 saturated carbocycles. The van der Waals surface area contributed by atoms with Gasteiger partial charge < -0.3 is 5.32 Å². The van der Waals surface area contributed by atoms with Gasteiger partial charge in [-0.2, -0.15) is 0 Å². The van der Waals surface area contributed by atoms with Crippen LogP contribution >= 0.6 is 23.4 Å². The maximum absolute atomic E-state index is 12.3. The van der Waals surface area contributed by atoms with Crippen molar-refractivity contribution in [1.29, 1.82) is 0 Å². The lowest BCUT2D eigenvalue weighted by molar-refractivity contribution is 0.0935. The van der Waals surface area contributed by atoms with Crippen LogP contribution in [-0.4, -0.2) is 36.7 Å². The topological polar surface area (TPSA) is 32.3 Å². The Morgan fingerprint density at radius 1 is 1.15 bits per heavy atom. The van der Waals surface area contributed by atoms with Crippen LogP contribution in [-0.2, 0) is 6.54 Å². The molecule has 5 heteroatoms. The minimum absolute atomic E-state index is 0.0769. The van der Waals surface area contributed by atoms with Crippen molar-refractivity contribution >= 4 is 29.3 Å². The van der Waals surface area contributed by atoms with Crippen LogP contribution in [0.25, 0.3) is 0 Å². The number of carbonyl (C=O) groups is 1. The van der Waals surface area contributed by atoms with E-state index in [1.807, 2.05) is 12.1 Å². The zero-order valence-corrected chi connectivity index (χ0v) is 16.7. The quantitative estimate of drug-likeness (QED) is 0.727. The van der Waals surface area contributed by atoms with E-state index in [1.54, 1.807) is 23.9 Å². The fourth-order valence-electron chi connectivity index (χ4n) is 3.32. The van der Waals surface area contributed by atoms with Gasteiger partial charge in [0.15, 0.2) is 0 Å². The van der Waals surface area contributed by atoms with Crippen molar-refractivity contribution in [3.63, 3.8) is 0 Å². The van der Waals surface area contributed by atoms with E-state index in [0.29, 0.717) is 16.5 Å². The summed E-state index contributed by atoms with van der Waals surface area (Å²) in [5.74, 6) is 0.462. The number of carbonyl (C=O) groups excluding carboxylic acids is 1. The van der Waals surface area contributed by atoms with Crippen molar-refractivity contribution in [3.8, 4) is 0 Å². The first-order valence-corrected chi connectivity index (χ1v) is 10.6. The molecule has 1 aliphatic rings. The predicted octanol–water partition coefficient (Wildman–Crippen LogP) is 4.70. The molecule has 1 N–H and O–H groups in total. The van der Waals surface area contributed by atoms with Crippen molar-refractivity contribution in [2.45, 2.75) is 24.3 Å². The number of rotatable bonds is 6. The van der Waals surface area contributed by atoms with Crippen LogP contribution in [0.3, 0.4) is 0 Å². The van der Waals surface area contributed by atoms with Crippen LogP contribution in [0.5, 0.6) is 0 Å². The van der Waals surface area contributed by atoms with Crippen LogP contribution in [0.15, 0.2) is 53.4 Å². The van der Waals surface area contributed by atoms with Gasteiger partial charge >= 0.3 is 0 Å². The third-order valence-corrected chi connectivity index (χ3v) is 6.02. The monoisotopic (exact) mass is 388 g/mol. The Bertz CT molecular complexity index is 727. The largest absolute Gasteiger partial charge is 0.352 e. The third-order valence-electron chi connectivity index (χ3n) is 4.94. The molecule has 0 aromatic heterocycles. The summed E-state index contributed by atoms with van der Waals surface area (Å²) < 4.78 is 0. The SMILES string of the molecule is CSc1ccc(CN2CCC(CNC(=O)c3ccccc3Cl)CC2)cc1. The number of nitrogens with one attached hydrogen (secondary N) is 1. The van der Waals surface area contributed by atoms with Gasteiger partial charge in [-0.3, -0.25) is 9.69 Å². The second-order valence-electron chi connectivity index (χ2n) is 6.76. The number of hydrogen-bond acceptors (Lipinski definition) is 3. The molecule has 1 fully saturated rings. The number of piperidine rings is 1. The number of likely N-dealkylation sites (tertiary alicyclic amines) is 1. The molecule has 3 rings (SSSR count). The highest BCUT2D eigenvalue weighted by molar-refractivity contribution is 7.98. The third kappa shape index (κ3) is 5.26. The van der Waals surface area contributed by atoms with E-state index in [4.69, 9.17) is 11.6 Å². The van der Waals surface area contributed by atoms with Crippen LogP contribution in [0.1, 0.15) is 28.8 Å². The van der Waals surface area contributed by atoms with Gasteiger partial charge in [0.25, 0.3) is 5.91 Å². The number of amides is 1. The number of halogens is 1. The van der Waals surface area contributed by atoms with Crippen LogP contribution in [0.2, 0.25) is 5.02 Å². The molecule has 0 spiro atoms. The molecule has 0 aliphatic carbocycles. The Kier molecular flexibility index (Phi) is 7.00. The molecule has 138 valence electrons. The zero-order valence-electron chi connectivity index (χ0n) is 15.1. The summed E-state index contributed by atoms with van der Waals surface area (Å²) in [7, 11) is 0. The second kappa shape index (κ2) is 9.45. The van der Waals surface area contributed by atoms with E-state index in [2.05, 4.69) is 40.7 Å². The average Bonchev–Trinajstić information content (AvgIpc) is 2.68. The Morgan fingerprint density at radius 2 is 1.85 bits per heavy atom. The number of benzene rings is 2. The second-order valence-corrected chi connectivity index (χ2v) is 8.04. The molecule has 1 amide bonds. The van der Waals surface area contributed by atoms with E-state index in [-0.39, 0.29) is 5.91 Å². The molecule has 2 aromatic carbocycles. The van der Waals surface area contributed by atoms with Gasteiger partial charge in [0.1, 0.15) is 0 Å². The van der Waals surface area contributed by atoms with Gasteiger partial charge in [0, 0.05) is 18.0 Å². The molecular weight excluding hydrogens is 364 g/mol. The number of nitrogens with zero attached hydrogens (tertiary/aromatic N) is 1. The first-order valence-electron chi connectivity index (χ1n) is 9.03. The van der Waals surface area contributed by atoms with E-state index in [1.165, 1.54) is 10.5 Å². The lowest BCUT2D eigenvalue weighted by Gasteiger charge is -2.32. The molecule has 3 nitrogen and oxygen atoms in total. The molecule has 0 unspecified atom stereocenters. The van der Waals surface area contributed by atoms with Crippen molar-refractivity contribution in [1.82, 2.24) is 10.2 Å². The van der Waals surface area contributed by atoms with Gasteiger partial charge in [0.2, 0.25) is 0 Å². The Hall–Kier alpha value is -1.49. The van der Waals surface area contributed by atoms with Crippen molar-refractivity contribution in [3.05, 3.63) is 64.7 Å². The highest BCUT2D eigenvalue weighted by Crippen LogP contribution is 2.21. The smallest absolute Gasteiger partial charge is 0.252 e. The minimum Gasteiger partial charge on any atom is -0.352 e. The Labute approximate surface area is 165 Å². The molecule has 1 aliphatic heterocycles. The Balaban J connectivity index is 1.42. The van der Waals surface area contributed by atoms with E-state index in [0.717, 1.165) is 39.0 Å². The van der Waals surface area contributed by atoms with Crippen LogP contribution < -0.4 is 5.32 Å². The summed E-state index contributed by atoms with van der Waals surface area (Å²) in [6, 6.07) is 16.0. The minimum atomic E-state index is -0.0769.